The molecule has 5 nitrogen and oxygen atoms in total. The summed E-state index contributed by atoms with van der Waals surface area (Å²) in [6.07, 6.45) is 11.5. The third kappa shape index (κ3) is 5.92. The Morgan fingerprint density at radius 3 is 2.61 bits per heavy atom. The summed E-state index contributed by atoms with van der Waals surface area (Å²) in [6, 6.07) is 14.1. The van der Waals surface area contributed by atoms with Crippen LogP contribution in [0.5, 0.6) is 0 Å². The summed E-state index contributed by atoms with van der Waals surface area (Å²) in [5.74, 6) is 1.21. The molecule has 0 bridgehead atoms. The van der Waals surface area contributed by atoms with Crippen LogP contribution in [0.2, 0.25) is 0 Å². The minimum absolute atomic E-state index is 0.378. The van der Waals surface area contributed by atoms with Gasteiger partial charge < -0.3 is 15.8 Å². The quantitative estimate of drug-likeness (QED) is 0.716. The van der Waals surface area contributed by atoms with Crippen molar-refractivity contribution in [1.29, 1.82) is 0 Å². The van der Waals surface area contributed by atoms with E-state index < -0.39 is 6.04 Å². The smallest absolute Gasteiger partial charge is 0.322 e. The number of nitrogens with one attached hydrogen (secondary N) is 1. The molecular weight excluding hydrogens is 350 g/mol. The van der Waals surface area contributed by atoms with Crippen LogP contribution in [0.3, 0.4) is 0 Å². The molecule has 1 fully saturated rings. The number of hydrogen-bond donors (Lipinski definition) is 2. The molecule has 3 rings (SSSR count). The van der Waals surface area contributed by atoms with Crippen molar-refractivity contribution in [2.75, 3.05) is 12.4 Å². The highest BCUT2D eigenvalue weighted by molar-refractivity contribution is 5.75. The van der Waals surface area contributed by atoms with Gasteiger partial charge in [0.2, 0.25) is 0 Å². The van der Waals surface area contributed by atoms with E-state index in [1.807, 2.05) is 36.5 Å². The maximum absolute atomic E-state index is 11.4. The van der Waals surface area contributed by atoms with E-state index in [9.17, 15) is 4.79 Å². The lowest BCUT2D eigenvalue weighted by Gasteiger charge is -2.27. The van der Waals surface area contributed by atoms with E-state index in [1.165, 1.54) is 25.5 Å². The number of nitrogens with two attached hydrogens (primary N) is 1. The van der Waals surface area contributed by atoms with Crippen molar-refractivity contribution in [2.45, 2.75) is 44.2 Å². The van der Waals surface area contributed by atoms with Crippen LogP contribution in [0.25, 0.3) is 6.08 Å². The summed E-state index contributed by atoms with van der Waals surface area (Å²) in [5.41, 5.74) is 8.02. The maximum atomic E-state index is 11.4. The predicted molar refractivity (Wildman–Crippen MR) is 113 cm³/mol. The first-order valence-corrected chi connectivity index (χ1v) is 9.92. The Kier molecular flexibility index (Phi) is 7.20. The summed E-state index contributed by atoms with van der Waals surface area (Å²) in [5, 5.41) is 3.53. The molecule has 148 valence electrons. The lowest BCUT2D eigenvalue weighted by molar-refractivity contribution is -0.142. The second-order valence-electron chi connectivity index (χ2n) is 7.41. The topological polar surface area (TPSA) is 77.2 Å². The number of carbonyl (C=O) groups excluding carboxylic acids is 1. The Hall–Kier alpha value is -2.66. The SMILES string of the molecule is COC(=O)[C@@H](N)Cc1ccc(/C=C/C2CCC(Nc3ccccn3)CC2)cc1. The molecule has 0 amide bonds. The first-order chi connectivity index (χ1) is 13.6. The lowest BCUT2D eigenvalue weighted by Crippen LogP contribution is -2.33. The van der Waals surface area contributed by atoms with Crippen molar-refractivity contribution in [3.05, 3.63) is 65.9 Å². The molecule has 3 N–H and O–H groups in total. The van der Waals surface area contributed by atoms with Crippen molar-refractivity contribution < 1.29 is 9.53 Å². The molecule has 28 heavy (non-hydrogen) atoms. The predicted octanol–water partition coefficient (Wildman–Crippen LogP) is 3.81. The van der Waals surface area contributed by atoms with Crippen LogP contribution in [0.1, 0.15) is 36.8 Å². The number of rotatable bonds is 7. The average molecular weight is 380 g/mol. The molecule has 1 aliphatic carbocycles. The molecular formula is C23H29N3O2. The molecule has 0 unspecified atom stereocenters. The fraction of sp³-hybridized carbons (Fsp3) is 0.391. The highest BCUT2D eigenvalue weighted by atomic mass is 16.5. The number of hydrogen-bond acceptors (Lipinski definition) is 5. The van der Waals surface area contributed by atoms with E-state index in [2.05, 4.69) is 39.3 Å². The van der Waals surface area contributed by atoms with Crippen LogP contribution < -0.4 is 11.1 Å². The third-order valence-electron chi connectivity index (χ3n) is 5.29. The van der Waals surface area contributed by atoms with Crippen molar-refractivity contribution in [2.24, 2.45) is 11.7 Å². The number of nitrogens with zero attached hydrogens (tertiary/aromatic N) is 1. The monoisotopic (exact) mass is 379 g/mol. The zero-order chi connectivity index (χ0) is 19.8. The molecule has 1 aliphatic rings. The van der Waals surface area contributed by atoms with Crippen LogP contribution in [0.15, 0.2) is 54.7 Å². The molecule has 1 aromatic heterocycles. The zero-order valence-corrected chi connectivity index (χ0v) is 16.4. The van der Waals surface area contributed by atoms with Gasteiger partial charge in [0.1, 0.15) is 11.9 Å². The number of anilines is 1. The standard InChI is InChI=1S/C23H29N3O2/c1-28-23(27)21(24)16-19-9-7-17(8-10-19)5-6-18-11-13-20(14-12-18)26-22-4-2-3-15-25-22/h2-10,15,18,20-21H,11-14,16,24H2,1H3,(H,25,26)/b6-5+/t18?,20?,21-/m0/s1. The first-order valence-electron chi connectivity index (χ1n) is 9.92. The van der Waals surface area contributed by atoms with Crippen LogP contribution in [-0.4, -0.2) is 30.1 Å². The number of carbonyl (C=O) groups is 1. The fourth-order valence-corrected chi connectivity index (χ4v) is 3.61. The second kappa shape index (κ2) is 10.0. The summed E-state index contributed by atoms with van der Waals surface area (Å²) in [7, 11) is 1.36. The summed E-state index contributed by atoms with van der Waals surface area (Å²) >= 11 is 0. The summed E-state index contributed by atoms with van der Waals surface area (Å²) in [6.45, 7) is 0. The van der Waals surface area contributed by atoms with E-state index in [0.29, 0.717) is 18.4 Å². The first kappa shape index (κ1) is 20.1. The minimum Gasteiger partial charge on any atom is -0.468 e. The molecule has 0 saturated heterocycles. The van der Waals surface area contributed by atoms with Crippen molar-refractivity contribution in [3.8, 4) is 0 Å². The normalized spacial score (nSPS) is 20.6. The van der Waals surface area contributed by atoms with Gasteiger partial charge in [-0.15, -0.1) is 0 Å². The van der Waals surface area contributed by atoms with Crippen molar-refractivity contribution >= 4 is 17.9 Å². The molecule has 1 atom stereocenters. The average Bonchev–Trinajstić information content (AvgIpc) is 2.74. The molecule has 0 aliphatic heterocycles. The molecule has 2 aromatic rings. The number of aromatic nitrogens is 1. The van der Waals surface area contributed by atoms with E-state index in [0.717, 1.165) is 24.2 Å². The lowest BCUT2D eigenvalue weighted by atomic mass is 9.85. The van der Waals surface area contributed by atoms with Crippen molar-refractivity contribution in [3.63, 3.8) is 0 Å². The Morgan fingerprint density at radius 2 is 1.96 bits per heavy atom. The van der Waals surface area contributed by atoms with Crippen LogP contribution in [0.4, 0.5) is 5.82 Å². The van der Waals surface area contributed by atoms with Gasteiger partial charge in [-0.1, -0.05) is 42.5 Å². The van der Waals surface area contributed by atoms with Crippen LogP contribution in [0, 0.1) is 5.92 Å². The van der Waals surface area contributed by atoms with Gasteiger partial charge in [-0.2, -0.15) is 0 Å². The van der Waals surface area contributed by atoms with Gasteiger partial charge in [-0.25, -0.2) is 4.98 Å². The number of methoxy groups -OCH3 is 1. The van der Waals surface area contributed by atoms with E-state index in [4.69, 9.17) is 5.73 Å². The Balaban J connectivity index is 1.45. The number of esters is 1. The zero-order valence-electron chi connectivity index (χ0n) is 16.4. The van der Waals surface area contributed by atoms with Gasteiger partial charge in [0, 0.05) is 12.2 Å². The highest BCUT2D eigenvalue weighted by Gasteiger charge is 2.19. The van der Waals surface area contributed by atoms with E-state index >= 15 is 0 Å². The highest BCUT2D eigenvalue weighted by Crippen LogP contribution is 2.27. The second-order valence-corrected chi connectivity index (χ2v) is 7.41. The Morgan fingerprint density at radius 1 is 1.21 bits per heavy atom. The number of pyridine rings is 1. The van der Waals surface area contributed by atoms with Crippen LogP contribution in [-0.2, 0) is 16.0 Å². The maximum Gasteiger partial charge on any atom is 0.322 e. The number of allylic oxidation sites excluding steroid dienone is 1. The van der Waals surface area contributed by atoms with E-state index in [-0.39, 0.29) is 5.97 Å². The molecule has 0 spiro atoms. The van der Waals surface area contributed by atoms with Gasteiger partial charge in [0.05, 0.1) is 7.11 Å². The van der Waals surface area contributed by atoms with Gasteiger partial charge in [-0.05, 0) is 61.3 Å². The molecule has 1 aromatic carbocycles. The molecule has 1 saturated carbocycles. The molecule has 1 heterocycles. The van der Waals surface area contributed by atoms with Crippen molar-refractivity contribution in [1.82, 2.24) is 4.98 Å². The number of ether oxygens (including phenoxy) is 1. The molecule has 5 heteroatoms. The minimum atomic E-state index is -0.610. The molecule has 0 radical (unpaired) electrons. The number of benzene rings is 1. The Labute approximate surface area is 167 Å². The van der Waals surface area contributed by atoms with Gasteiger partial charge >= 0.3 is 5.97 Å². The van der Waals surface area contributed by atoms with Gasteiger partial charge in [-0.3, -0.25) is 4.79 Å². The van der Waals surface area contributed by atoms with Crippen LogP contribution >= 0.6 is 0 Å². The largest absolute Gasteiger partial charge is 0.468 e. The van der Waals surface area contributed by atoms with Gasteiger partial charge in [0.25, 0.3) is 0 Å². The summed E-state index contributed by atoms with van der Waals surface area (Å²) < 4.78 is 4.67. The fourth-order valence-electron chi connectivity index (χ4n) is 3.61. The third-order valence-corrected chi connectivity index (χ3v) is 5.29. The summed E-state index contributed by atoms with van der Waals surface area (Å²) in [4.78, 5) is 15.8. The van der Waals surface area contributed by atoms with Gasteiger partial charge in [0.15, 0.2) is 0 Å². The van der Waals surface area contributed by atoms with E-state index in [1.54, 1.807) is 0 Å². The Bertz CT molecular complexity index is 766.